The van der Waals surface area contributed by atoms with Crippen LogP contribution in [0.5, 0.6) is 5.75 Å². The van der Waals surface area contributed by atoms with Gasteiger partial charge in [0, 0.05) is 34.8 Å². The molecule has 0 aliphatic rings. The zero-order chi connectivity index (χ0) is 18.5. The molecule has 0 saturated heterocycles. The van der Waals surface area contributed by atoms with Gasteiger partial charge >= 0.3 is 0 Å². The number of aromatic nitrogens is 2. The van der Waals surface area contributed by atoms with E-state index in [4.69, 9.17) is 9.26 Å². The van der Waals surface area contributed by atoms with Crippen molar-refractivity contribution in [1.82, 2.24) is 10.1 Å². The summed E-state index contributed by atoms with van der Waals surface area (Å²) in [5.74, 6) is 1.94. The highest BCUT2D eigenvalue weighted by molar-refractivity contribution is 6.07. The number of para-hydroxylation sites is 1. The molecule has 0 bridgehead atoms. The van der Waals surface area contributed by atoms with Gasteiger partial charge in [0.25, 0.3) is 0 Å². The molecule has 0 radical (unpaired) electrons. The average Bonchev–Trinajstić information content (AvgIpc) is 3.26. The molecule has 0 atom stereocenters. The number of hydrogen-bond acceptors (Lipinski definition) is 3. The monoisotopic (exact) mass is 362 g/mol. The van der Waals surface area contributed by atoms with Crippen LogP contribution in [0.1, 0.15) is 43.6 Å². The Morgan fingerprint density at radius 2 is 1.70 bits per heavy atom. The predicted molar refractivity (Wildman–Crippen MR) is 109 cm³/mol. The zero-order valence-electron chi connectivity index (χ0n) is 15.8. The van der Waals surface area contributed by atoms with Gasteiger partial charge in [-0.2, -0.15) is 0 Å². The Kier molecular flexibility index (Phi) is 5.42. The van der Waals surface area contributed by atoms with Gasteiger partial charge in [0.05, 0.1) is 17.8 Å². The van der Waals surface area contributed by atoms with Crippen molar-refractivity contribution in [3.63, 3.8) is 0 Å². The lowest BCUT2D eigenvalue weighted by molar-refractivity contribution is 0.304. The summed E-state index contributed by atoms with van der Waals surface area (Å²) in [6.45, 7) is 2.73. The third-order valence-electron chi connectivity index (χ3n) is 4.99. The summed E-state index contributed by atoms with van der Waals surface area (Å²) in [4.78, 5) is 3.47. The maximum atomic E-state index is 5.95. The fourth-order valence-electron chi connectivity index (χ4n) is 3.58. The van der Waals surface area contributed by atoms with Crippen molar-refractivity contribution < 1.29 is 9.26 Å². The Hall–Kier alpha value is -2.75. The van der Waals surface area contributed by atoms with Crippen molar-refractivity contribution >= 4 is 21.8 Å². The summed E-state index contributed by atoms with van der Waals surface area (Å²) in [5.41, 5.74) is 3.27. The van der Waals surface area contributed by atoms with Gasteiger partial charge in [-0.25, -0.2) is 0 Å². The van der Waals surface area contributed by atoms with Crippen molar-refractivity contribution in [2.75, 3.05) is 6.61 Å². The Balaban J connectivity index is 1.17. The van der Waals surface area contributed by atoms with E-state index in [0.29, 0.717) is 0 Å². The molecule has 0 amide bonds. The number of H-pyrrole nitrogens is 1. The van der Waals surface area contributed by atoms with Crippen molar-refractivity contribution in [3.8, 4) is 5.75 Å². The summed E-state index contributed by atoms with van der Waals surface area (Å²) in [7, 11) is 0. The molecule has 4 heteroatoms. The Morgan fingerprint density at radius 1 is 0.889 bits per heavy atom. The molecule has 2 aromatic carbocycles. The van der Waals surface area contributed by atoms with Crippen molar-refractivity contribution in [3.05, 3.63) is 60.0 Å². The van der Waals surface area contributed by atoms with Crippen molar-refractivity contribution in [2.24, 2.45) is 0 Å². The van der Waals surface area contributed by atoms with E-state index >= 15 is 0 Å². The van der Waals surface area contributed by atoms with Crippen molar-refractivity contribution in [2.45, 2.75) is 45.4 Å². The summed E-state index contributed by atoms with van der Waals surface area (Å²) < 4.78 is 11.2. The second-order valence-electron chi connectivity index (χ2n) is 7.18. The van der Waals surface area contributed by atoms with Gasteiger partial charge in [-0.3, -0.25) is 0 Å². The van der Waals surface area contributed by atoms with E-state index in [2.05, 4.69) is 52.6 Å². The Bertz CT molecular complexity index is 1020. The van der Waals surface area contributed by atoms with Gasteiger partial charge < -0.3 is 14.2 Å². The summed E-state index contributed by atoms with van der Waals surface area (Å²) in [5, 5.41) is 6.44. The van der Waals surface area contributed by atoms with E-state index < -0.39 is 0 Å². The Labute approximate surface area is 159 Å². The largest absolute Gasteiger partial charge is 0.494 e. The second-order valence-corrected chi connectivity index (χ2v) is 7.18. The van der Waals surface area contributed by atoms with Crippen LogP contribution in [0, 0.1) is 6.92 Å². The first-order valence-corrected chi connectivity index (χ1v) is 9.85. The van der Waals surface area contributed by atoms with E-state index in [9.17, 15) is 0 Å². The number of ether oxygens (including phenoxy) is 1. The predicted octanol–water partition coefficient (Wildman–Crippen LogP) is 6.19. The molecule has 1 N–H and O–H groups in total. The molecule has 0 aliphatic carbocycles. The molecule has 2 heterocycles. The minimum atomic E-state index is 0.771. The van der Waals surface area contributed by atoms with Crippen molar-refractivity contribution in [1.29, 1.82) is 0 Å². The topological polar surface area (TPSA) is 51.0 Å². The third-order valence-corrected chi connectivity index (χ3v) is 4.99. The van der Waals surface area contributed by atoms with Crippen LogP contribution in [0.15, 0.2) is 53.1 Å². The maximum absolute atomic E-state index is 5.95. The fourth-order valence-corrected chi connectivity index (χ4v) is 3.58. The number of unbranched alkanes of at least 4 members (excludes halogenated alkanes) is 4. The summed E-state index contributed by atoms with van der Waals surface area (Å²) >= 11 is 0. The molecule has 4 nitrogen and oxygen atoms in total. The molecule has 0 aliphatic heterocycles. The highest BCUT2D eigenvalue weighted by atomic mass is 16.5. The second kappa shape index (κ2) is 8.30. The van der Waals surface area contributed by atoms with E-state index in [1.165, 1.54) is 35.6 Å². The molecule has 0 spiro atoms. The van der Waals surface area contributed by atoms with Gasteiger partial charge in [-0.1, -0.05) is 42.6 Å². The number of aromatic amines is 1. The van der Waals surface area contributed by atoms with Crippen LogP contribution in [-0.4, -0.2) is 16.7 Å². The van der Waals surface area contributed by atoms with Gasteiger partial charge in [0.1, 0.15) is 11.5 Å². The summed E-state index contributed by atoms with van der Waals surface area (Å²) in [6, 6.07) is 16.7. The lowest BCUT2D eigenvalue weighted by Crippen LogP contribution is -1.97. The number of rotatable bonds is 9. The Morgan fingerprint density at radius 3 is 2.59 bits per heavy atom. The summed E-state index contributed by atoms with van der Waals surface area (Å²) in [6.07, 6.45) is 6.89. The third kappa shape index (κ3) is 4.33. The molecule has 0 saturated carbocycles. The number of hydrogen-bond donors (Lipinski definition) is 1. The van der Waals surface area contributed by atoms with E-state index in [1.54, 1.807) is 0 Å². The normalized spacial score (nSPS) is 11.4. The van der Waals surface area contributed by atoms with Crippen LogP contribution in [0.2, 0.25) is 0 Å². The molecule has 4 rings (SSSR count). The van der Waals surface area contributed by atoms with Crippen LogP contribution < -0.4 is 4.74 Å². The molecular weight excluding hydrogens is 336 g/mol. The van der Waals surface area contributed by atoms with Crippen LogP contribution in [-0.2, 0) is 6.42 Å². The van der Waals surface area contributed by atoms with E-state index in [1.807, 2.05) is 13.0 Å². The standard InChI is InChI=1S/C23H26N2O2/c1-17-15-19(27-25-17)9-5-3-2-4-8-14-26-18-12-13-21-20-10-6-7-11-22(20)24-23(21)16-18/h6-7,10-13,15-16,24H,2-5,8-9,14H2,1H3. The van der Waals surface area contributed by atoms with Crippen LogP contribution in [0.4, 0.5) is 0 Å². The molecule has 0 unspecified atom stereocenters. The molecule has 27 heavy (non-hydrogen) atoms. The van der Waals surface area contributed by atoms with Gasteiger partial charge in [0.2, 0.25) is 0 Å². The number of fused-ring (bicyclic) bond motifs is 3. The number of aryl methyl sites for hydroxylation is 2. The van der Waals surface area contributed by atoms with Gasteiger partial charge in [-0.15, -0.1) is 0 Å². The van der Waals surface area contributed by atoms with Crippen LogP contribution in [0.25, 0.3) is 21.8 Å². The minimum absolute atomic E-state index is 0.771. The lowest BCUT2D eigenvalue weighted by Gasteiger charge is -2.06. The molecular formula is C23H26N2O2. The van der Waals surface area contributed by atoms with Crippen LogP contribution in [0.3, 0.4) is 0 Å². The quantitative estimate of drug-likeness (QED) is 0.361. The highest BCUT2D eigenvalue weighted by Gasteiger charge is 2.05. The van der Waals surface area contributed by atoms with Gasteiger partial charge in [-0.05, 0) is 38.0 Å². The SMILES string of the molecule is Cc1cc(CCCCCCCOc2ccc3c(c2)[nH]c2ccccc23)on1. The first kappa shape index (κ1) is 17.7. The zero-order valence-corrected chi connectivity index (χ0v) is 15.8. The average molecular weight is 362 g/mol. The van der Waals surface area contributed by atoms with Crippen LogP contribution >= 0.6 is 0 Å². The number of benzene rings is 2. The maximum Gasteiger partial charge on any atom is 0.136 e. The highest BCUT2D eigenvalue weighted by Crippen LogP contribution is 2.28. The number of nitrogens with zero attached hydrogens (tertiary/aromatic N) is 1. The van der Waals surface area contributed by atoms with Gasteiger partial charge in [0.15, 0.2) is 0 Å². The molecule has 140 valence electrons. The molecule has 0 fully saturated rings. The number of nitrogens with one attached hydrogen (secondary N) is 1. The fraction of sp³-hybridized carbons (Fsp3) is 0.348. The van der Waals surface area contributed by atoms with E-state index in [-0.39, 0.29) is 0 Å². The van der Waals surface area contributed by atoms with E-state index in [0.717, 1.165) is 48.6 Å². The first-order valence-electron chi connectivity index (χ1n) is 9.85. The molecule has 4 aromatic rings. The lowest BCUT2D eigenvalue weighted by atomic mass is 10.1. The minimum Gasteiger partial charge on any atom is -0.494 e. The smallest absolute Gasteiger partial charge is 0.136 e. The molecule has 2 aromatic heterocycles. The first-order chi connectivity index (χ1) is 13.3.